The number of halogens is 4. The second kappa shape index (κ2) is 9.41. The number of ether oxygens (including phenoxy) is 1. The molecule has 0 spiro atoms. The zero-order valence-electron chi connectivity index (χ0n) is 11.4. The fourth-order valence-electron chi connectivity index (χ4n) is 1.32. The van der Waals surface area contributed by atoms with Gasteiger partial charge >= 0.3 is 6.18 Å². The Hall–Kier alpha value is -1.54. The number of rotatable bonds is 7. The highest BCUT2D eigenvalue weighted by molar-refractivity contribution is 5.93. The van der Waals surface area contributed by atoms with Gasteiger partial charge in [-0.05, 0) is 26.1 Å². The molecule has 5 nitrogen and oxygen atoms in total. The number of nitrogens with one attached hydrogen (secondary N) is 2. The molecule has 0 atom stereocenters. The molecule has 0 radical (unpaired) electrons. The van der Waals surface area contributed by atoms with E-state index >= 15 is 0 Å². The van der Waals surface area contributed by atoms with Crippen LogP contribution in [0.4, 0.5) is 13.2 Å². The zero-order valence-corrected chi connectivity index (χ0v) is 12.2. The highest BCUT2D eigenvalue weighted by atomic mass is 35.5. The minimum atomic E-state index is -4.41. The van der Waals surface area contributed by atoms with Gasteiger partial charge in [-0.3, -0.25) is 4.79 Å². The van der Waals surface area contributed by atoms with Gasteiger partial charge in [-0.25, -0.2) is 4.98 Å². The van der Waals surface area contributed by atoms with Gasteiger partial charge in [0.2, 0.25) is 5.88 Å². The van der Waals surface area contributed by atoms with Crippen molar-refractivity contribution in [3.63, 3.8) is 0 Å². The van der Waals surface area contributed by atoms with Gasteiger partial charge in [0.25, 0.3) is 5.91 Å². The van der Waals surface area contributed by atoms with E-state index in [9.17, 15) is 18.0 Å². The predicted molar refractivity (Wildman–Crippen MR) is 73.9 cm³/mol. The van der Waals surface area contributed by atoms with Crippen molar-refractivity contribution in [2.24, 2.45) is 0 Å². The second-order valence-corrected chi connectivity index (χ2v) is 4.00. The summed E-state index contributed by atoms with van der Waals surface area (Å²) in [6, 6.07) is 2.60. The maximum Gasteiger partial charge on any atom is 0.422 e. The Labute approximate surface area is 126 Å². The van der Waals surface area contributed by atoms with E-state index < -0.39 is 12.8 Å². The molecule has 0 aliphatic carbocycles. The largest absolute Gasteiger partial charge is 0.468 e. The first-order valence-electron chi connectivity index (χ1n) is 6.01. The summed E-state index contributed by atoms with van der Waals surface area (Å²) in [5.74, 6) is -0.495. The Morgan fingerprint density at radius 2 is 2.05 bits per heavy atom. The highest BCUT2D eigenvalue weighted by Gasteiger charge is 2.28. The number of nitrogens with zero attached hydrogens (tertiary/aromatic N) is 1. The molecule has 21 heavy (non-hydrogen) atoms. The standard InChI is InChI=1S/C12H16F3N3O2.ClH/c1-16-5-2-6-17-11(19)9-3-4-10(18-7-9)20-8-12(13,14)15;/h3-4,7,16H,2,5-6,8H2,1H3,(H,17,19);1H. The highest BCUT2D eigenvalue weighted by Crippen LogP contribution is 2.16. The van der Waals surface area contributed by atoms with Crippen molar-refractivity contribution in [3.8, 4) is 5.88 Å². The van der Waals surface area contributed by atoms with Crippen molar-refractivity contribution < 1.29 is 22.7 Å². The number of amides is 1. The van der Waals surface area contributed by atoms with Crippen LogP contribution in [-0.2, 0) is 0 Å². The molecule has 120 valence electrons. The summed E-state index contributed by atoms with van der Waals surface area (Å²) in [5, 5.41) is 5.61. The van der Waals surface area contributed by atoms with Crippen LogP contribution in [0.25, 0.3) is 0 Å². The molecule has 0 saturated heterocycles. The normalized spacial score (nSPS) is 10.7. The van der Waals surface area contributed by atoms with Crippen LogP contribution in [0.15, 0.2) is 18.3 Å². The van der Waals surface area contributed by atoms with Gasteiger partial charge in [0.05, 0.1) is 5.56 Å². The van der Waals surface area contributed by atoms with E-state index in [0.29, 0.717) is 6.54 Å². The van der Waals surface area contributed by atoms with Gasteiger partial charge in [-0.1, -0.05) is 0 Å². The minimum absolute atomic E-state index is 0. The van der Waals surface area contributed by atoms with Crippen molar-refractivity contribution in [1.29, 1.82) is 0 Å². The van der Waals surface area contributed by atoms with Gasteiger partial charge in [-0.2, -0.15) is 13.2 Å². The molecule has 1 aromatic rings. The minimum Gasteiger partial charge on any atom is -0.468 e. The van der Waals surface area contributed by atoms with Crippen LogP contribution >= 0.6 is 12.4 Å². The molecule has 1 heterocycles. The van der Waals surface area contributed by atoms with Crippen molar-refractivity contribution in [2.75, 3.05) is 26.7 Å². The molecule has 0 aliphatic heterocycles. The summed E-state index contributed by atoms with van der Waals surface area (Å²) >= 11 is 0. The molecule has 1 amide bonds. The summed E-state index contributed by atoms with van der Waals surface area (Å²) in [4.78, 5) is 15.3. The summed E-state index contributed by atoms with van der Waals surface area (Å²) < 4.78 is 40.2. The molecule has 0 aromatic carbocycles. The Kier molecular flexibility index (Phi) is 8.72. The second-order valence-electron chi connectivity index (χ2n) is 4.00. The van der Waals surface area contributed by atoms with E-state index in [0.717, 1.165) is 13.0 Å². The third-order valence-corrected chi connectivity index (χ3v) is 2.27. The third kappa shape index (κ3) is 8.36. The molecule has 0 unspecified atom stereocenters. The fourth-order valence-corrected chi connectivity index (χ4v) is 1.32. The van der Waals surface area contributed by atoms with E-state index in [1.165, 1.54) is 18.3 Å². The summed E-state index contributed by atoms with van der Waals surface area (Å²) in [7, 11) is 1.81. The SMILES string of the molecule is CNCCCNC(=O)c1ccc(OCC(F)(F)F)nc1.Cl. The number of carbonyl (C=O) groups is 1. The van der Waals surface area contributed by atoms with Crippen LogP contribution in [0.3, 0.4) is 0 Å². The number of hydrogen-bond acceptors (Lipinski definition) is 4. The van der Waals surface area contributed by atoms with Crippen LogP contribution in [0.1, 0.15) is 16.8 Å². The smallest absolute Gasteiger partial charge is 0.422 e. The molecule has 0 aliphatic rings. The van der Waals surface area contributed by atoms with E-state index in [-0.39, 0.29) is 29.8 Å². The van der Waals surface area contributed by atoms with Crippen molar-refractivity contribution >= 4 is 18.3 Å². The molecule has 1 rings (SSSR count). The third-order valence-electron chi connectivity index (χ3n) is 2.27. The number of aromatic nitrogens is 1. The van der Waals surface area contributed by atoms with Gasteiger partial charge in [0, 0.05) is 18.8 Å². The van der Waals surface area contributed by atoms with Crippen LogP contribution in [0, 0.1) is 0 Å². The molecule has 0 bridgehead atoms. The fraction of sp³-hybridized carbons (Fsp3) is 0.500. The lowest BCUT2D eigenvalue weighted by Crippen LogP contribution is -2.26. The van der Waals surface area contributed by atoms with Crippen molar-refractivity contribution in [1.82, 2.24) is 15.6 Å². The van der Waals surface area contributed by atoms with Gasteiger partial charge in [0.15, 0.2) is 6.61 Å². The van der Waals surface area contributed by atoms with Crippen molar-refractivity contribution in [3.05, 3.63) is 23.9 Å². The maximum atomic E-state index is 11.9. The van der Waals surface area contributed by atoms with Crippen LogP contribution < -0.4 is 15.4 Å². The van der Waals surface area contributed by atoms with Crippen LogP contribution in [0.2, 0.25) is 0 Å². The van der Waals surface area contributed by atoms with Crippen molar-refractivity contribution in [2.45, 2.75) is 12.6 Å². The summed E-state index contributed by atoms with van der Waals surface area (Å²) in [5.41, 5.74) is 0.272. The lowest BCUT2D eigenvalue weighted by Gasteiger charge is -2.09. The van der Waals surface area contributed by atoms with Gasteiger partial charge < -0.3 is 15.4 Å². The quantitative estimate of drug-likeness (QED) is 0.749. The molecule has 0 fully saturated rings. The predicted octanol–water partition coefficient (Wildman–Crippen LogP) is 1.78. The molecule has 0 saturated carbocycles. The molecule has 9 heteroatoms. The Bertz CT molecular complexity index is 427. The maximum absolute atomic E-state index is 11.9. The number of carbonyl (C=O) groups excluding carboxylic acids is 1. The molecular weight excluding hydrogens is 311 g/mol. The molecular formula is C12H17ClF3N3O2. The first kappa shape index (κ1) is 19.5. The first-order chi connectivity index (χ1) is 9.42. The topological polar surface area (TPSA) is 63.2 Å². The number of alkyl halides is 3. The van der Waals surface area contributed by atoms with Gasteiger partial charge in [0.1, 0.15) is 0 Å². The molecule has 2 N–H and O–H groups in total. The van der Waals surface area contributed by atoms with E-state index in [1.54, 1.807) is 0 Å². The lowest BCUT2D eigenvalue weighted by atomic mass is 10.2. The Morgan fingerprint density at radius 3 is 2.57 bits per heavy atom. The summed E-state index contributed by atoms with van der Waals surface area (Å²) in [6.45, 7) is -0.121. The first-order valence-corrected chi connectivity index (χ1v) is 6.01. The van der Waals surface area contributed by atoms with Crippen LogP contribution in [0.5, 0.6) is 5.88 Å². The van der Waals surface area contributed by atoms with E-state index in [1.807, 2.05) is 7.05 Å². The van der Waals surface area contributed by atoms with Gasteiger partial charge in [-0.15, -0.1) is 12.4 Å². The average molecular weight is 328 g/mol. The average Bonchev–Trinajstić information content (AvgIpc) is 2.41. The Balaban J connectivity index is 0.00000400. The Morgan fingerprint density at radius 1 is 1.33 bits per heavy atom. The summed E-state index contributed by atoms with van der Waals surface area (Å²) in [6.07, 6.45) is -2.45. The monoisotopic (exact) mass is 327 g/mol. The van der Waals surface area contributed by atoms with E-state index in [2.05, 4.69) is 20.4 Å². The zero-order chi connectivity index (χ0) is 15.0. The number of pyridine rings is 1. The lowest BCUT2D eigenvalue weighted by molar-refractivity contribution is -0.154. The molecule has 1 aromatic heterocycles. The number of hydrogen-bond donors (Lipinski definition) is 2. The van der Waals surface area contributed by atoms with E-state index in [4.69, 9.17) is 0 Å². The van der Waals surface area contributed by atoms with Crippen LogP contribution in [-0.4, -0.2) is 43.8 Å².